The van der Waals surface area contributed by atoms with Gasteiger partial charge in [0.05, 0.1) is 25.4 Å². The SMILES string of the molecule is CCCC1CCC(C2CCC(COc3ccc(-c4ccc(OCC)c(F)c4F)c(F)c3F)CC2)O1. The van der Waals surface area contributed by atoms with Gasteiger partial charge in [-0.15, -0.1) is 0 Å². The van der Waals surface area contributed by atoms with Crippen LogP contribution in [0.3, 0.4) is 0 Å². The van der Waals surface area contributed by atoms with Crippen molar-refractivity contribution in [3.8, 4) is 22.6 Å². The summed E-state index contributed by atoms with van der Waals surface area (Å²) >= 11 is 0. The first-order chi connectivity index (χ1) is 16.9. The van der Waals surface area contributed by atoms with Crippen molar-refractivity contribution in [1.82, 2.24) is 0 Å². The number of hydrogen-bond acceptors (Lipinski definition) is 3. The van der Waals surface area contributed by atoms with Gasteiger partial charge in [0.25, 0.3) is 0 Å². The van der Waals surface area contributed by atoms with Crippen molar-refractivity contribution in [3.63, 3.8) is 0 Å². The van der Waals surface area contributed by atoms with E-state index in [9.17, 15) is 17.6 Å². The molecule has 0 radical (unpaired) electrons. The minimum atomic E-state index is -1.29. The maximum Gasteiger partial charge on any atom is 0.201 e. The largest absolute Gasteiger partial charge is 0.491 e. The second-order valence-corrected chi connectivity index (χ2v) is 9.67. The first-order valence-corrected chi connectivity index (χ1v) is 12.8. The molecule has 2 unspecified atom stereocenters. The van der Waals surface area contributed by atoms with Crippen LogP contribution in [0.5, 0.6) is 11.5 Å². The molecule has 2 aliphatic rings. The minimum absolute atomic E-state index is 0.153. The normalized spacial score (nSPS) is 24.5. The smallest absolute Gasteiger partial charge is 0.201 e. The van der Waals surface area contributed by atoms with Gasteiger partial charge in [-0.05, 0) is 88.0 Å². The molecule has 0 aromatic heterocycles. The highest BCUT2D eigenvalue weighted by atomic mass is 19.2. The Bertz CT molecular complexity index is 1000. The van der Waals surface area contributed by atoms with Gasteiger partial charge in [0.1, 0.15) is 0 Å². The fourth-order valence-corrected chi connectivity index (χ4v) is 5.41. The van der Waals surface area contributed by atoms with Gasteiger partial charge in [0.15, 0.2) is 23.1 Å². The lowest BCUT2D eigenvalue weighted by molar-refractivity contribution is -0.00903. The van der Waals surface area contributed by atoms with Crippen LogP contribution in [0.1, 0.15) is 65.2 Å². The average molecular weight is 495 g/mol. The van der Waals surface area contributed by atoms with Gasteiger partial charge in [-0.1, -0.05) is 13.3 Å². The lowest BCUT2D eigenvalue weighted by Gasteiger charge is -2.32. The second kappa shape index (κ2) is 11.6. The molecule has 0 bridgehead atoms. The molecule has 1 saturated heterocycles. The molecule has 7 heteroatoms. The maximum atomic E-state index is 14.8. The molecule has 2 aromatic rings. The van der Waals surface area contributed by atoms with E-state index in [2.05, 4.69) is 6.92 Å². The van der Waals surface area contributed by atoms with Crippen LogP contribution in [0.15, 0.2) is 24.3 Å². The van der Waals surface area contributed by atoms with Crippen molar-refractivity contribution in [1.29, 1.82) is 0 Å². The number of halogens is 4. The van der Waals surface area contributed by atoms with Crippen molar-refractivity contribution in [2.45, 2.75) is 77.4 Å². The van der Waals surface area contributed by atoms with E-state index in [1.807, 2.05) is 0 Å². The van der Waals surface area contributed by atoms with E-state index in [0.717, 1.165) is 51.4 Å². The highest BCUT2D eigenvalue weighted by Crippen LogP contribution is 2.39. The van der Waals surface area contributed by atoms with Gasteiger partial charge in [-0.3, -0.25) is 0 Å². The standard InChI is InChI=1S/C28H34F4O3/c1-3-5-19-10-13-22(35-19)18-8-6-17(7-9-18)16-34-24-15-12-21(26(30)28(24)32)20-11-14-23(33-4-2)27(31)25(20)29/h11-12,14-15,17-19,22H,3-10,13,16H2,1-2H3. The van der Waals surface area contributed by atoms with E-state index in [4.69, 9.17) is 14.2 Å². The number of hydrogen-bond donors (Lipinski definition) is 0. The molecule has 0 amide bonds. The van der Waals surface area contributed by atoms with Gasteiger partial charge in [-0.25, -0.2) is 8.78 Å². The number of rotatable bonds is 9. The lowest BCUT2D eigenvalue weighted by Crippen LogP contribution is -2.28. The Morgan fingerprint density at radius 3 is 1.91 bits per heavy atom. The highest BCUT2D eigenvalue weighted by molar-refractivity contribution is 5.67. The third-order valence-electron chi connectivity index (χ3n) is 7.33. The van der Waals surface area contributed by atoms with E-state index in [0.29, 0.717) is 24.7 Å². The first-order valence-electron chi connectivity index (χ1n) is 12.8. The van der Waals surface area contributed by atoms with Crippen LogP contribution >= 0.6 is 0 Å². The van der Waals surface area contributed by atoms with E-state index in [-0.39, 0.29) is 35.2 Å². The molecule has 1 heterocycles. The summed E-state index contributed by atoms with van der Waals surface area (Å²) in [6.07, 6.45) is 9.32. The molecule has 0 N–H and O–H groups in total. The fraction of sp³-hybridized carbons (Fsp3) is 0.571. The summed E-state index contributed by atoms with van der Waals surface area (Å²) in [6.45, 7) is 4.26. The molecule has 1 saturated carbocycles. The Balaban J connectivity index is 1.34. The minimum Gasteiger partial charge on any atom is -0.491 e. The maximum absolute atomic E-state index is 14.8. The summed E-state index contributed by atoms with van der Waals surface area (Å²) in [4.78, 5) is 0. The zero-order valence-corrected chi connectivity index (χ0v) is 20.4. The van der Waals surface area contributed by atoms with Crippen LogP contribution in [0, 0.1) is 35.1 Å². The highest BCUT2D eigenvalue weighted by Gasteiger charge is 2.34. The predicted molar refractivity (Wildman–Crippen MR) is 127 cm³/mol. The van der Waals surface area contributed by atoms with Crippen LogP contribution in [-0.2, 0) is 4.74 Å². The Morgan fingerprint density at radius 1 is 0.743 bits per heavy atom. The molecule has 1 aliphatic carbocycles. The van der Waals surface area contributed by atoms with Crippen LogP contribution in [-0.4, -0.2) is 25.4 Å². The van der Waals surface area contributed by atoms with Gasteiger partial charge in [0, 0.05) is 11.1 Å². The molecule has 0 spiro atoms. The fourth-order valence-electron chi connectivity index (χ4n) is 5.41. The molecule has 2 atom stereocenters. The van der Waals surface area contributed by atoms with Crippen LogP contribution < -0.4 is 9.47 Å². The van der Waals surface area contributed by atoms with Gasteiger partial charge >= 0.3 is 0 Å². The van der Waals surface area contributed by atoms with Crippen LogP contribution in [0.2, 0.25) is 0 Å². The molecule has 192 valence electrons. The zero-order valence-electron chi connectivity index (χ0n) is 20.4. The molecular weight excluding hydrogens is 460 g/mol. The Morgan fingerprint density at radius 2 is 1.34 bits per heavy atom. The third-order valence-corrected chi connectivity index (χ3v) is 7.33. The van der Waals surface area contributed by atoms with Gasteiger partial charge in [-0.2, -0.15) is 8.78 Å². The van der Waals surface area contributed by atoms with E-state index in [1.165, 1.54) is 24.3 Å². The van der Waals surface area contributed by atoms with Crippen molar-refractivity contribution in [3.05, 3.63) is 47.5 Å². The number of benzene rings is 2. The van der Waals surface area contributed by atoms with Crippen molar-refractivity contribution >= 4 is 0 Å². The predicted octanol–water partition coefficient (Wildman–Crippen LogP) is 7.84. The summed E-state index contributed by atoms with van der Waals surface area (Å²) in [5, 5.41) is 0. The van der Waals surface area contributed by atoms with Crippen molar-refractivity contribution < 1.29 is 31.8 Å². The molecule has 35 heavy (non-hydrogen) atoms. The quantitative estimate of drug-likeness (QED) is 0.332. The van der Waals surface area contributed by atoms with Crippen molar-refractivity contribution in [2.75, 3.05) is 13.2 Å². The average Bonchev–Trinajstić information content (AvgIpc) is 3.33. The van der Waals surface area contributed by atoms with Crippen LogP contribution in [0.4, 0.5) is 17.6 Å². The van der Waals surface area contributed by atoms with E-state index in [1.54, 1.807) is 6.92 Å². The zero-order chi connectivity index (χ0) is 24.9. The molecule has 2 aromatic carbocycles. The monoisotopic (exact) mass is 494 g/mol. The van der Waals surface area contributed by atoms with E-state index >= 15 is 0 Å². The molecule has 3 nitrogen and oxygen atoms in total. The first kappa shape index (κ1) is 25.8. The van der Waals surface area contributed by atoms with E-state index < -0.39 is 23.3 Å². The Labute approximate surface area is 204 Å². The Hall–Kier alpha value is -2.28. The molecular formula is C28H34F4O3. The molecule has 4 rings (SSSR count). The Kier molecular flexibility index (Phi) is 8.58. The van der Waals surface area contributed by atoms with Crippen LogP contribution in [0.25, 0.3) is 11.1 Å². The van der Waals surface area contributed by atoms with Gasteiger partial charge in [0.2, 0.25) is 11.6 Å². The molecule has 1 aliphatic heterocycles. The number of ether oxygens (including phenoxy) is 3. The van der Waals surface area contributed by atoms with Gasteiger partial charge < -0.3 is 14.2 Å². The third kappa shape index (κ3) is 5.76. The second-order valence-electron chi connectivity index (χ2n) is 9.67. The molecule has 2 fully saturated rings. The summed E-state index contributed by atoms with van der Waals surface area (Å²) < 4.78 is 75.1. The van der Waals surface area contributed by atoms with Crippen molar-refractivity contribution in [2.24, 2.45) is 11.8 Å². The summed E-state index contributed by atoms with van der Waals surface area (Å²) in [7, 11) is 0. The summed E-state index contributed by atoms with van der Waals surface area (Å²) in [5.74, 6) is -4.66. The summed E-state index contributed by atoms with van der Waals surface area (Å²) in [6, 6.07) is 4.87. The topological polar surface area (TPSA) is 27.7 Å². The summed E-state index contributed by atoms with van der Waals surface area (Å²) in [5.41, 5.74) is -0.740. The lowest BCUT2D eigenvalue weighted by atomic mass is 9.79.